The van der Waals surface area contributed by atoms with Gasteiger partial charge in [-0.25, -0.2) is 9.59 Å². The van der Waals surface area contributed by atoms with Gasteiger partial charge >= 0.3 is 12.1 Å². The molecule has 4 rings (SSSR count). The van der Waals surface area contributed by atoms with E-state index in [4.69, 9.17) is 4.74 Å². The molecule has 3 aliphatic heterocycles. The maximum Gasteiger partial charge on any atom is 0.410 e. The van der Waals surface area contributed by atoms with Gasteiger partial charge < -0.3 is 9.64 Å². The summed E-state index contributed by atoms with van der Waals surface area (Å²) in [5.74, 6) is 0. The molecule has 0 aliphatic carbocycles. The molecular weight excluding hydrogens is 368 g/mol. The molecule has 158 valence electrons. The van der Waals surface area contributed by atoms with Crippen molar-refractivity contribution in [3.63, 3.8) is 0 Å². The van der Waals surface area contributed by atoms with E-state index >= 15 is 0 Å². The van der Waals surface area contributed by atoms with Gasteiger partial charge in [0.25, 0.3) is 0 Å². The van der Waals surface area contributed by atoms with E-state index in [2.05, 4.69) is 11.0 Å². The molecule has 0 saturated carbocycles. The molecule has 2 bridgehead atoms. The van der Waals surface area contributed by atoms with E-state index in [1.807, 2.05) is 55.8 Å². The average Bonchev–Trinajstić information content (AvgIpc) is 2.92. The van der Waals surface area contributed by atoms with Crippen LogP contribution in [0.4, 0.5) is 15.3 Å². The quantitative estimate of drug-likeness (QED) is 0.782. The Hall–Kier alpha value is -2.28. The van der Waals surface area contributed by atoms with E-state index in [1.54, 1.807) is 4.90 Å². The number of para-hydroxylation sites is 1. The van der Waals surface area contributed by atoms with Gasteiger partial charge in [-0.2, -0.15) is 0 Å². The zero-order chi connectivity index (χ0) is 20.8. The number of rotatable bonds is 3. The van der Waals surface area contributed by atoms with E-state index in [-0.39, 0.29) is 24.2 Å². The van der Waals surface area contributed by atoms with Crippen LogP contribution >= 0.6 is 0 Å². The number of carbonyl (C=O) groups is 2. The average molecular weight is 401 g/mol. The van der Waals surface area contributed by atoms with Crippen LogP contribution < -0.4 is 4.90 Å². The lowest BCUT2D eigenvalue weighted by molar-refractivity contribution is -0.00395. The second-order valence-electron chi connectivity index (χ2n) is 9.45. The first kappa shape index (κ1) is 20.0. The predicted octanol–water partition coefficient (Wildman–Crippen LogP) is 3.14. The summed E-state index contributed by atoms with van der Waals surface area (Å²) >= 11 is 0. The van der Waals surface area contributed by atoms with Crippen molar-refractivity contribution in [1.82, 2.24) is 14.7 Å². The molecule has 0 spiro atoms. The van der Waals surface area contributed by atoms with Crippen molar-refractivity contribution < 1.29 is 14.3 Å². The molecule has 2 atom stereocenters. The van der Waals surface area contributed by atoms with Gasteiger partial charge in [-0.3, -0.25) is 14.7 Å². The largest absolute Gasteiger partial charge is 0.444 e. The van der Waals surface area contributed by atoms with Crippen molar-refractivity contribution in [2.45, 2.75) is 57.8 Å². The standard InChI is InChI=1S/C22H32N4O3/c1-22(2,3)29-21(28)26-17-9-10-18(26)15-24(14-17)11-12-25-19-8-6-5-7-16(19)13-23(4)20(25)27/h5-8,17-18H,9-15H2,1-4H3. The van der Waals surface area contributed by atoms with Crippen LogP contribution in [0, 0.1) is 0 Å². The minimum absolute atomic E-state index is 0.0547. The molecule has 2 fully saturated rings. The highest BCUT2D eigenvalue weighted by atomic mass is 16.6. The van der Waals surface area contributed by atoms with Crippen molar-refractivity contribution in [1.29, 1.82) is 0 Å². The van der Waals surface area contributed by atoms with Crippen LogP contribution in [0.5, 0.6) is 0 Å². The Morgan fingerprint density at radius 1 is 1.10 bits per heavy atom. The Morgan fingerprint density at radius 3 is 2.41 bits per heavy atom. The number of anilines is 1. The summed E-state index contributed by atoms with van der Waals surface area (Å²) in [5, 5.41) is 0. The molecule has 29 heavy (non-hydrogen) atoms. The van der Waals surface area contributed by atoms with Crippen LogP contribution in [0.1, 0.15) is 39.2 Å². The third-order valence-corrected chi connectivity index (χ3v) is 6.05. The van der Waals surface area contributed by atoms with E-state index in [0.717, 1.165) is 38.2 Å². The van der Waals surface area contributed by atoms with E-state index in [1.165, 1.54) is 5.56 Å². The SMILES string of the molecule is CN1Cc2ccccc2N(CCN2CC3CCC(C2)N3C(=O)OC(C)(C)C)C1=O. The molecular formula is C22H32N4O3. The number of amides is 3. The lowest BCUT2D eigenvalue weighted by Gasteiger charge is -2.42. The minimum Gasteiger partial charge on any atom is -0.444 e. The summed E-state index contributed by atoms with van der Waals surface area (Å²) in [6, 6.07) is 8.60. The zero-order valence-electron chi connectivity index (χ0n) is 17.9. The van der Waals surface area contributed by atoms with Crippen LogP contribution in [-0.4, -0.2) is 77.7 Å². The monoisotopic (exact) mass is 400 g/mol. The molecule has 2 saturated heterocycles. The van der Waals surface area contributed by atoms with Crippen LogP contribution in [0.15, 0.2) is 24.3 Å². The first-order valence-electron chi connectivity index (χ1n) is 10.6. The molecule has 3 heterocycles. The number of nitrogens with zero attached hydrogens (tertiary/aromatic N) is 4. The van der Waals surface area contributed by atoms with Crippen LogP contribution in [0.25, 0.3) is 0 Å². The van der Waals surface area contributed by atoms with Crippen molar-refractivity contribution in [3.8, 4) is 0 Å². The molecule has 2 unspecified atom stereocenters. The first-order chi connectivity index (χ1) is 13.7. The Kier molecular flexibility index (Phi) is 5.19. The number of hydrogen-bond donors (Lipinski definition) is 0. The maximum absolute atomic E-state index is 12.7. The number of ether oxygens (including phenoxy) is 1. The summed E-state index contributed by atoms with van der Waals surface area (Å²) in [7, 11) is 1.85. The van der Waals surface area contributed by atoms with Gasteiger partial charge in [0.15, 0.2) is 0 Å². The topological polar surface area (TPSA) is 56.3 Å². The fourth-order valence-corrected chi connectivity index (χ4v) is 4.78. The molecule has 3 amide bonds. The molecule has 7 nitrogen and oxygen atoms in total. The lowest BCUT2D eigenvalue weighted by atomic mass is 10.1. The summed E-state index contributed by atoms with van der Waals surface area (Å²) in [6.07, 6.45) is 1.86. The van der Waals surface area contributed by atoms with Gasteiger partial charge in [0.05, 0.1) is 5.69 Å². The van der Waals surface area contributed by atoms with Gasteiger partial charge in [-0.1, -0.05) is 18.2 Å². The third-order valence-electron chi connectivity index (χ3n) is 6.05. The maximum atomic E-state index is 12.7. The predicted molar refractivity (Wildman–Crippen MR) is 112 cm³/mol. The highest BCUT2D eigenvalue weighted by Gasteiger charge is 2.44. The number of carbonyl (C=O) groups excluding carboxylic acids is 2. The van der Waals surface area contributed by atoms with Crippen molar-refractivity contribution in [2.75, 3.05) is 38.1 Å². The minimum atomic E-state index is -0.471. The van der Waals surface area contributed by atoms with Gasteiger partial charge in [-0.05, 0) is 45.2 Å². The normalized spacial score (nSPS) is 24.7. The second kappa shape index (κ2) is 7.52. The Balaban J connectivity index is 1.39. The smallest absolute Gasteiger partial charge is 0.410 e. The van der Waals surface area contributed by atoms with E-state index < -0.39 is 5.60 Å². The summed E-state index contributed by atoms with van der Waals surface area (Å²) in [4.78, 5) is 33.4. The van der Waals surface area contributed by atoms with Gasteiger partial charge in [0.1, 0.15) is 5.60 Å². The van der Waals surface area contributed by atoms with E-state index in [0.29, 0.717) is 13.1 Å². The van der Waals surface area contributed by atoms with Crippen LogP contribution in [-0.2, 0) is 11.3 Å². The molecule has 0 N–H and O–H groups in total. The highest BCUT2D eigenvalue weighted by Crippen LogP contribution is 2.32. The Labute approximate surface area is 173 Å². The highest BCUT2D eigenvalue weighted by molar-refractivity contribution is 5.94. The summed E-state index contributed by atoms with van der Waals surface area (Å²) in [6.45, 7) is 9.54. The number of urea groups is 1. The number of likely N-dealkylation sites (tertiary alicyclic amines) is 1. The zero-order valence-corrected chi connectivity index (χ0v) is 17.9. The van der Waals surface area contributed by atoms with Gasteiger partial charge in [0.2, 0.25) is 0 Å². The van der Waals surface area contributed by atoms with Crippen LogP contribution in [0.2, 0.25) is 0 Å². The van der Waals surface area contributed by atoms with Crippen molar-refractivity contribution >= 4 is 17.8 Å². The summed E-state index contributed by atoms with van der Waals surface area (Å²) in [5.41, 5.74) is 1.73. The second-order valence-corrected chi connectivity index (χ2v) is 9.45. The van der Waals surface area contributed by atoms with Crippen LogP contribution in [0.3, 0.4) is 0 Å². The lowest BCUT2D eigenvalue weighted by Crippen LogP contribution is -2.58. The van der Waals surface area contributed by atoms with Gasteiger partial charge in [0, 0.05) is 51.9 Å². The van der Waals surface area contributed by atoms with Crippen molar-refractivity contribution in [2.24, 2.45) is 0 Å². The Morgan fingerprint density at radius 2 is 1.76 bits per heavy atom. The van der Waals surface area contributed by atoms with Crippen molar-refractivity contribution in [3.05, 3.63) is 29.8 Å². The molecule has 1 aromatic rings. The summed E-state index contributed by atoms with van der Waals surface area (Å²) < 4.78 is 5.62. The fraction of sp³-hybridized carbons (Fsp3) is 0.636. The fourth-order valence-electron chi connectivity index (χ4n) is 4.78. The number of piperazine rings is 1. The van der Waals surface area contributed by atoms with E-state index in [9.17, 15) is 9.59 Å². The van der Waals surface area contributed by atoms with Gasteiger partial charge in [-0.15, -0.1) is 0 Å². The number of benzene rings is 1. The molecule has 0 aromatic heterocycles. The molecule has 3 aliphatic rings. The number of fused-ring (bicyclic) bond motifs is 3. The first-order valence-corrected chi connectivity index (χ1v) is 10.6. The Bertz CT molecular complexity index is 777. The molecule has 0 radical (unpaired) electrons. The number of hydrogen-bond acceptors (Lipinski definition) is 4. The third kappa shape index (κ3) is 4.06. The molecule has 1 aromatic carbocycles. The molecule has 7 heteroatoms.